The Balaban J connectivity index is 1.25. The van der Waals surface area contributed by atoms with Crippen LogP contribution >= 0.6 is 0 Å². The average molecular weight is 538 g/mol. The van der Waals surface area contributed by atoms with Gasteiger partial charge in [0.15, 0.2) is 5.58 Å². The van der Waals surface area contributed by atoms with Gasteiger partial charge in [-0.2, -0.15) is 0 Å². The summed E-state index contributed by atoms with van der Waals surface area (Å²) in [7, 11) is 0. The third-order valence-corrected chi connectivity index (χ3v) is 7.58. The molecule has 1 aromatic heterocycles. The number of amides is 3. The quantitative estimate of drug-likeness (QED) is 0.204. The first-order chi connectivity index (χ1) is 19.5. The van der Waals surface area contributed by atoms with Gasteiger partial charge in [-0.05, 0) is 92.8 Å². The summed E-state index contributed by atoms with van der Waals surface area (Å²) in [6, 6.07) is 18.7. The van der Waals surface area contributed by atoms with Crippen molar-refractivity contribution in [3.63, 3.8) is 0 Å². The van der Waals surface area contributed by atoms with E-state index in [1.54, 1.807) is 24.3 Å². The van der Waals surface area contributed by atoms with Crippen molar-refractivity contribution in [2.75, 3.05) is 11.4 Å². The van der Waals surface area contributed by atoms with Crippen molar-refractivity contribution >= 4 is 34.5 Å². The molecule has 1 fully saturated rings. The number of hydrogen-bond acceptors (Lipinski definition) is 5. The summed E-state index contributed by atoms with van der Waals surface area (Å²) in [4.78, 5) is 47.5. The predicted octanol–water partition coefficient (Wildman–Crippen LogP) is 6.30. The molecule has 0 spiro atoms. The van der Waals surface area contributed by atoms with E-state index in [4.69, 9.17) is 4.42 Å². The summed E-state index contributed by atoms with van der Waals surface area (Å²) in [6.45, 7) is 0.302. The Bertz CT molecular complexity index is 1570. The first-order valence-electron chi connectivity index (χ1n) is 13.6. The van der Waals surface area contributed by atoms with Crippen LogP contribution in [0.5, 0.6) is 0 Å². The number of benzene rings is 3. The van der Waals surface area contributed by atoms with Crippen LogP contribution in [-0.4, -0.2) is 40.2 Å². The highest BCUT2D eigenvalue weighted by molar-refractivity contribution is 6.23. The van der Waals surface area contributed by atoms with Crippen LogP contribution in [0.2, 0.25) is 0 Å². The third kappa shape index (κ3) is 5.04. The standard InChI is InChI=1S/C32H28FN3O4/c33-24-14-10-23(11-15-24)31(38)35(19-18-21-6-2-1-3-7-21)27-20-29(37)36(32(27)39)25-16-12-22(13-17-25)30-34-26-8-4-5-9-28(26)40-30/h4-6,8-17,27H,1-3,7,18-20H2. The monoisotopic (exact) mass is 537 g/mol. The first kappa shape index (κ1) is 25.7. The van der Waals surface area contributed by atoms with Crippen LogP contribution in [0.4, 0.5) is 10.1 Å². The Kier molecular flexibility index (Phi) is 6.99. The number of anilines is 1. The SMILES string of the molecule is O=C1CC(N(CCC2=CCCCC2)C(=O)c2ccc(F)cc2)C(=O)N1c1ccc(-c2nc3ccccc3o2)cc1. The molecule has 0 N–H and O–H groups in total. The maximum Gasteiger partial charge on any atom is 0.257 e. The molecule has 202 valence electrons. The van der Waals surface area contributed by atoms with E-state index in [9.17, 15) is 18.8 Å². The maximum absolute atomic E-state index is 13.7. The summed E-state index contributed by atoms with van der Waals surface area (Å²) >= 11 is 0. The molecule has 2 aliphatic rings. The summed E-state index contributed by atoms with van der Waals surface area (Å²) in [5, 5.41) is 0. The van der Waals surface area contributed by atoms with Gasteiger partial charge in [0, 0.05) is 17.7 Å². The van der Waals surface area contributed by atoms with E-state index in [0.717, 1.165) is 36.1 Å². The van der Waals surface area contributed by atoms with Gasteiger partial charge in [0.25, 0.3) is 11.8 Å². The summed E-state index contributed by atoms with van der Waals surface area (Å²) < 4.78 is 19.4. The van der Waals surface area contributed by atoms with Crippen LogP contribution in [0, 0.1) is 5.82 Å². The Morgan fingerprint density at radius 1 is 1.00 bits per heavy atom. The number of halogens is 1. The molecule has 7 nitrogen and oxygen atoms in total. The van der Waals surface area contributed by atoms with Crippen molar-refractivity contribution in [1.29, 1.82) is 0 Å². The second-order valence-electron chi connectivity index (χ2n) is 10.2. The van der Waals surface area contributed by atoms with E-state index in [0.29, 0.717) is 35.7 Å². The second-order valence-corrected chi connectivity index (χ2v) is 10.2. The van der Waals surface area contributed by atoms with Gasteiger partial charge in [0.05, 0.1) is 12.1 Å². The maximum atomic E-state index is 13.7. The smallest absolute Gasteiger partial charge is 0.257 e. The van der Waals surface area contributed by atoms with Gasteiger partial charge in [0.2, 0.25) is 11.8 Å². The Morgan fingerprint density at radius 2 is 1.77 bits per heavy atom. The molecule has 40 heavy (non-hydrogen) atoms. The van der Waals surface area contributed by atoms with Crippen LogP contribution in [-0.2, 0) is 9.59 Å². The number of para-hydroxylation sites is 2. The molecular formula is C32H28FN3O4. The molecule has 1 aliphatic carbocycles. The summed E-state index contributed by atoms with van der Waals surface area (Å²) in [6.07, 6.45) is 6.95. The molecule has 0 saturated carbocycles. The van der Waals surface area contributed by atoms with Crippen molar-refractivity contribution in [1.82, 2.24) is 9.88 Å². The lowest BCUT2D eigenvalue weighted by molar-refractivity contribution is -0.122. The van der Waals surface area contributed by atoms with Gasteiger partial charge in [-0.25, -0.2) is 14.3 Å². The zero-order valence-electron chi connectivity index (χ0n) is 21.9. The zero-order chi connectivity index (χ0) is 27.6. The normalized spacial score (nSPS) is 17.4. The lowest BCUT2D eigenvalue weighted by Gasteiger charge is -2.28. The van der Waals surface area contributed by atoms with E-state index in [1.165, 1.54) is 34.7 Å². The molecule has 2 heterocycles. The van der Waals surface area contributed by atoms with E-state index < -0.39 is 23.7 Å². The lowest BCUT2D eigenvalue weighted by Crippen LogP contribution is -2.46. The van der Waals surface area contributed by atoms with Crippen LogP contribution in [0.15, 0.2) is 88.9 Å². The van der Waals surface area contributed by atoms with Gasteiger partial charge in [-0.15, -0.1) is 0 Å². The molecule has 1 unspecified atom stereocenters. The molecule has 1 saturated heterocycles. The van der Waals surface area contributed by atoms with Crippen molar-refractivity contribution in [2.45, 2.75) is 44.6 Å². The van der Waals surface area contributed by atoms with E-state index in [2.05, 4.69) is 11.1 Å². The molecule has 0 radical (unpaired) electrons. The molecule has 8 heteroatoms. The van der Waals surface area contributed by atoms with Gasteiger partial charge in [0.1, 0.15) is 17.4 Å². The number of nitrogens with zero attached hydrogens (tertiary/aromatic N) is 3. The van der Waals surface area contributed by atoms with E-state index >= 15 is 0 Å². The largest absolute Gasteiger partial charge is 0.436 e. The fourth-order valence-corrected chi connectivity index (χ4v) is 5.43. The lowest BCUT2D eigenvalue weighted by atomic mass is 9.96. The molecular weight excluding hydrogens is 509 g/mol. The van der Waals surface area contributed by atoms with Crippen molar-refractivity contribution < 1.29 is 23.2 Å². The number of fused-ring (bicyclic) bond motifs is 1. The highest BCUT2D eigenvalue weighted by atomic mass is 19.1. The fourth-order valence-electron chi connectivity index (χ4n) is 5.43. The average Bonchev–Trinajstić information content (AvgIpc) is 3.54. The number of carbonyl (C=O) groups is 3. The minimum Gasteiger partial charge on any atom is -0.436 e. The number of hydrogen-bond donors (Lipinski definition) is 0. The second kappa shape index (κ2) is 10.9. The highest BCUT2D eigenvalue weighted by Crippen LogP contribution is 2.31. The number of aromatic nitrogens is 1. The van der Waals surface area contributed by atoms with Gasteiger partial charge in [-0.1, -0.05) is 23.8 Å². The van der Waals surface area contributed by atoms with Gasteiger partial charge in [-0.3, -0.25) is 14.4 Å². The summed E-state index contributed by atoms with van der Waals surface area (Å²) in [5.41, 5.74) is 4.08. The molecule has 1 atom stereocenters. The Hall–Kier alpha value is -4.59. The number of carbonyl (C=O) groups excluding carboxylic acids is 3. The van der Waals surface area contributed by atoms with Crippen LogP contribution in [0.3, 0.4) is 0 Å². The van der Waals surface area contributed by atoms with Crippen molar-refractivity contribution in [3.8, 4) is 11.5 Å². The van der Waals surface area contributed by atoms with Crippen molar-refractivity contribution in [3.05, 3.63) is 95.8 Å². The molecule has 1 aliphatic heterocycles. The number of oxazole rings is 1. The number of imide groups is 1. The Labute approximate surface area is 230 Å². The first-order valence-corrected chi connectivity index (χ1v) is 13.6. The highest BCUT2D eigenvalue weighted by Gasteiger charge is 2.44. The minimum absolute atomic E-state index is 0.113. The van der Waals surface area contributed by atoms with Crippen LogP contribution in [0.25, 0.3) is 22.6 Å². The molecule has 3 aromatic carbocycles. The molecule has 3 amide bonds. The Morgan fingerprint density at radius 3 is 2.50 bits per heavy atom. The topological polar surface area (TPSA) is 83.7 Å². The third-order valence-electron chi connectivity index (χ3n) is 7.58. The molecule has 4 aromatic rings. The number of rotatable bonds is 7. The minimum atomic E-state index is -0.939. The van der Waals surface area contributed by atoms with Crippen LogP contribution in [0.1, 0.15) is 48.9 Å². The van der Waals surface area contributed by atoms with Crippen molar-refractivity contribution in [2.24, 2.45) is 0 Å². The van der Waals surface area contributed by atoms with Gasteiger partial charge >= 0.3 is 0 Å². The predicted molar refractivity (Wildman–Crippen MR) is 149 cm³/mol. The van der Waals surface area contributed by atoms with E-state index in [1.807, 2.05) is 24.3 Å². The van der Waals surface area contributed by atoms with Crippen LogP contribution < -0.4 is 4.90 Å². The van der Waals surface area contributed by atoms with Gasteiger partial charge < -0.3 is 9.32 Å². The van der Waals surface area contributed by atoms with E-state index in [-0.39, 0.29) is 17.9 Å². The number of allylic oxidation sites excluding steroid dienone is 1. The summed E-state index contributed by atoms with van der Waals surface area (Å²) in [5.74, 6) is -1.23. The zero-order valence-corrected chi connectivity index (χ0v) is 21.9. The molecule has 0 bridgehead atoms. The molecule has 6 rings (SSSR count). The fraction of sp³-hybridized carbons (Fsp3) is 0.250.